The summed E-state index contributed by atoms with van der Waals surface area (Å²) < 4.78 is 33.3. The molecule has 1 saturated heterocycles. The first-order chi connectivity index (χ1) is 13.0. The Bertz CT molecular complexity index is 992. The average molecular weight is 388 g/mol. The Hall–Kier alpha value is -1.96. The van der Waals surface area contributed by atoms with Crippen molar-refractivity contribution in [2.45, 2.75) is 37.7 Å². The summed E-state index contributed by atoms with van der Waals surface area (Å²) in [5.74, 6) is -0.0801. The molecule has 2 aliphatic heterocycles. The van der Waals surface area contributed by atoms with E-state index in [1.54, 1.807) is 35.2 Å². The van der Waals surface area contributed by atoms with Gasteiger partial charge in [0, 0.05) is 36.0 Å². The first kappa shape index (κ1) is 18.4. The number of benzene rings is 2. The summed E-state index contributed by atoms with van der Waals surface area (Å²) >= 11 is 0. The van der Waals surface area contributed by atoms with Gasteiger partial charge in [-0.1, -0.05) is 26.0 Å². The van der Waals surface area contributed by atoms with Crippen molar-refractivity contribution in [3.05, 3.63) is 35.9 Å². The van der Waals surface area contributed by atoms with E-state index in [4.69, 9.17) is 4.74 Å². The molecular weight excluding hydrogens is 364 g/mol. The molecule has 0 radical (unpaired) electrons. The molecular formula is C20H24N2O4S. The molecule has 0 unspecified atom stereocenters. The third-order valence-electron chi connectivity index (χ3n) is 5.48. The normalized spacial score (nSPS) is 19.6. The third kappa shape index (κ3) is 2.85. The molecule has 2 aromatic rings. The largest absolute Gasteiger partial charge is 0.376 e. The van der Waals surface area contributed by atoms with Gasteiger partial charge in [-0.15, -0.1) is 0 Å². The molecule has 0 N–H and O–H groups in total. The minimum atomic E-state index is -3.61. The fourth-order valence-electron chi connectivity index (χ4n) is 4.12. The van der Waals surface area contributed by atoms with Crippen LogP contribution in [-0.2, 0) is 14.8 Å². The number of hydrogen-bond acceptors (Lipinski definition) is 4. The zero-order chi connectivity index (χ0) is 19.2. The van der Waals surface area contributed by atoms with Crippen LogP contribution in [0, 0.1) is 0 Å². The summed E-state index contributed by atoms with van der Waals surface area (Å²) in [6, 6.07) is 8.73. The van der Waals surface area contributed by atoms with Crippen LogP contribution in [0.25, 0.3) is 10.8 Å². The van der Waals surface area contributed by atoms with E-state index in [9.17, 15) is 13.2 Å². The molecule has 0 bridgehead atoms. The molecule has 0 saturated carbocycles. The Morgan fingerprint density at radius 1 is 1.19 bits per heavy atom. The molecule has 144 valence electrons. The van der Waals surface area contributed by atoms with E-state index >= 15 is 0 Å². The first-order valence-corrected chi connectivity index (χ1v) is 10.9. The highest BCUT2D eigenvalue weighted by Crippen LogP contribution is 2.41. The minimum absolute atomic E-state index is 0.0393. The van der Waals surface area contributed by atoms with Crippen LogP contribution in [0.1, 0.15) is 37.0 Å². The van der Waals surface area contributed by atoms with E-state index in [-0.39, 0.29) is 16.9 Å². The molecule has 1 amide bonds. The Morgan fingerprint density at radius 3 is 2.63 bits per heavy atom. The van der Waals surface area contributed by atoms with Crippen LogP contribution in [0.3, 0.4) is 0 Å². The molecule has 0 spiro atoms. The lowest BCUT2D eigenvalue weighted by Crippen LogP contribution is -2.34. The molecule has 27 heavy (non-hydrogen) atoms. The molecule has 0 aromatic heterocycles. The monoisotopic (exact) mass is 388 g/mol. The molecule has 0 aliphatic carbocycles. The van der Waals surface area contributed by atoms with Crippen LogP contribution in [-0.4, -0.2) is 51.0 Å². The van der Waals surface area contributed by atoms with E-state index in [1.165, 1.54) is 4.31 Å². The van der Waals surface area contributed by atoms with E-state index in [0.717, 1.165) is 30.5 Å². The second kappa shape index (κ2) is 6.89. The van der Waals surface area contributed by atoms with Gasteiger partial charge in [-0.2, -0.15) is 4.31 Å². The average Bonchev–Trinajstić information content (AvgIpc) is 3.26. The molecule has 4 rings (SSSR count). The number of nitrogens with zero attached hydrogens (tertiary/aromatic N) is 2. The summed E-state index contributed by atoms with van der Waals surface area (Å²) in [6.45, 7) is 5.71. The first-order valence-electron chi connectivity index (χ1n) is 9.48. The summed E-state index contributed by atoms with van der Waals surface area (Å²) in [6.07, 6.45) is 1.99. The summed E-state index contributed by atoms with van der Waals surface area (Å²) in [7, 11) is -3.61. The van der Waals surface area contributed by atoms with Gasteiger partial charge in [0.2, 0.25) is 10.0 Å². The van der Waals surface area contributed by atoms with E-state index < -0.39 is 10.0 Å². The van der Waals surface area contributed by atoms with Gasteiger partial charge in [0.1, 0.15) is 0 Å². The quantitative estimate of drug-likeness (QED) is 0.763. The van der Waals surface area contributed by atoms with Crippen molar-refractivity contribution in [2.24, 2.45) is 0 Å². The highest BCUT2D eigenvalue weighted by atomic mass is 32.2. The van der Waals surface area contributed by atoms with Gasteiger partial charge in [0.25, 0.3) is 5.91 Å². The predicted octanol–water partition coefficient (Wildman–Crippen LogP) is 3.01. The SMILES string of the molecule is CCN(CC)S(=O)(=O)c1ccc2c3c(cccc13)C(=O)N2C[C@H]1CCCO1. The van der Waals surface area contributed by atoms with E-state index in [2.05, 4.69) is 0 Å². The molecule has 7 heteroatoms. The van der Waals surface area contributed by atoms with Crippen molar-refractivity contribution in [2.75, 3.05) is 31.1 Å². The van der Waals surface area contributed by atoms with E-state index in [1.807, 2.05) is 13.8 Å². The Labute approximate surface area is 159 Å². The van der Waals surface area contributed by atoms with Crippen LogP contribution in [0.2, 0.25) is 0 Å². The molecule has 2 heterocycles. The Balaban J connectivity index is 1.84. The van der Waals surface area contributed by atoms with Crippen molar-refractivity contribution in [1.82, 2.24) is 4.31 Å². The van der Waals surface area contributed by atoms with Crippen LogP contribution < -0.4 is 4.90 Å². The van der Waals surface area contributed by atoms with Crippen molar-refractivity contribution in [1.29, 1.82) is 0 Å². The highest BCUT2D eigenvalue weighted by Gasteiger charge is 2.35. The summed E-state index contributed by atoms with van der Waals surface area (Å²) in [4.78, 5) is 15.0. The number of hydrogen-bond donors (Lipinski definition) is 0. The second-order valence-electron chi connectivity index (χ2n) is 6.95. The van der Waals surface area contributed by atoms with E-state index in [0.29, 0.717) is 30.6 Å². The smallest absolute Gasteiger partial charge is 0.259 e. The number of amides is 1. The van der Waals surface area contributed by atoms with Gasteiger partial charge < -0.3 is 9.64 Å². The lowest BCUT2D eigenvalue weighted by Gasteiger charge is -2.22. The molecule has 1 atom stereocenters. The van der Waals surface area contributed by atoms with Crippen molar-refractivity contribution in [3.63, 3.8) is 0 Å². The number of anilines is 1. The fourth-order valence-corrected chi connectivity index (χ4v) is 5.77. The van der Waals surface area contributed by atoms with Crippen LogP contribution in [0.15, 0.2) is 35.2 Å². The number of carbonyl (C=O) groups excluding carboxylic acids is 1. The maximum atomic E-state index is 13.1. The summed E-state index contributed by atoms with van der Waals surface area (Å²) in [5, 5.41) is 1.34. The van der Waals surface area contributed by atoms with Crippen molar-refractivity contribution in [3.8, 4) is 0 Å². The second-order valence-corrected chi connectivity index (χ2v) is 8.86. The fraction of sp³-hybridized carbons (Fsp3) is 0.450. The number of carbonyl (C=O) groups is 1. The predicted molar refractivity (Wildman–Crippen MR) is 105 cm³/mol. The van der Waals surface area contributed by atoms with Gasteiger partial charge in [0.15, 0.2) is 0 Å². The molecule has 2 aromatic carbocycles. The van der Waals surface area contributed by atoms with Crippen molar-refractivity contribution < 1.29 is 17.9 Å². The number of rotatable bonds is 6. The molecule has 1 fully saturated rings. The number of sulfonamides is 1. The van der Waals surface area contributed by atoms with Crippen LogP contribution in [0.5, 0.6) is 0 Å². The lowest BCUT2D eigenvalue weighted by molar-refractivity contribution is 0.0924. The van der Waals surface area contributed by atoms with Crippen LogP contribution in [0.4, 0.5) is 5.69 Å². The van der Waals surface area contributed by atoms with Gasteiger partial charge in [0.05, 0.1) is 23.2 Å². The minimum Gasteiger partial charge on any atom is -0.376 e. The maximum absolute atomic E-state index is 13.1. The standard InChI is InChI=1S/C20H24N2O4S/c1-3-21(4-2)27(24,25)18-11-10-17-19-15(18)8-5-9-16(19)20(23)22(17)13-14-7-6-12-26-14/h5,8-11,14H,3-4,6-7,12-13H2,1-2H3/t14-/m1/s1. The van der Waals surface area contributed by atoms with Crippen LogP contribution >= 0.6 is 0 Å². The van der Waals surface area contributed by atoms with Crippen molar-refractivity contribution >= 4 is 32.4 Å². The Kier molecular flexibility index (Phi) is 4.70. The van der Waals surface area contributed by atoms with Gasteiger partial charge >= 0.3 is 0 Å². The molecule has 6 nitrogen and oxygen atoms in total. The van der Waals surface area contributed by atoms with Gasteiger partial charge in [-0.05, 0) is 31.0 Å². The topological polar surface area (TPSA) is 66.9 Å². The Morgan fingerprint density at radius 2 is 1.96 bits per heavy atom. The number of ether oxygens (including phenoxy) is 1. The lowest BCUT2D eigenvalue weighted by atomic mass is 10.1. The third-order valence-corrected chi connectivity index (χ3v) is 7.59. The van der Waals surface area contributed by atoms with Gasteiger partial charge in [-0.25, -0.2) is 8.42 Å². The summed E-state index contributed by atoms with van der Waals surface area (Å²) in [5.41, 5.74) is 1.34. The highest BCUT2D eigenvalue weighted by molar-refractivity contribution is 7.89. The zero-order valence-corrected chi connectivity index (χ0v) is 16.5. The maximum Gasteiger partial charge on any atom is 0.259 e. The molecule has 2 aliphatic rings. The zero-order valence-electron chi connectivity index (χ0n) is 15.6. The van der Waals surface area contributed by atoms with Gasteiger partial charge in [-0.3, -0.25) is 4.79 Å².